The van der Waals surface area contributed by atoms with Gasteiger partial charge in [0.1, 0.15) is 11.2 Å². The number of hydrogen-bond acceptors (Lipinski definition) is 5. The monoisotopic (exact) mass is 347 g/mol. The van der Waals surface area contributed by atoms with Gasteiger partial charge in [-0.15, -0.1) is 0 Å². The molecule has 2 aromatic rings. The second-order valence-corrected chi connectivity index (χ2v) is 8.17. The lowest BCUT2D eigenvalue weighted by molar-refractivity contribution is 0.260. The van der Waals surface area contributed by atoms with Gasteiger partial charge in [-0.1, -0.05) is 19.3 Å². The lowest BCUT2D eigenvalue weighted by atomic mass is 9.96. The first-order chi connectivity index (χ1) is 11.4. The van der Waals surface area contributed by atoms with Gasteiger partial charge < -0.3 is 4.98 Å². The molecule has 24 heavy (non-hydrogen) atoms. The van der Waals surface area contributed by atoms with Gasteiger partial charge >= 0.3 is 0 Å². The van der Waals surface area contributed by atoms with Crippen LogP contribution in [-0.4, -0.2) is 52.7 Å². The molecule has 3 heterocycles. The predicted molar refractivity (Wildman–Crippen MR) is 89.3 cm³/mol. The van der Waals surface area contributed by atoms with Crippen LogP contribution in [0.3, 0.4) is 0 Å². The Labute approximate surface area is 140 Å². The molecule has 0 unspecified atom stereocenters. The van der Waals surface area contributed by atoms with Crippen molar-refractivity contribution in [2.75, 3.05) is 13.1 Å². The molecule has 0 atom stereocenters. The van der Waals surface area contributed by atoms with Crippen LogP contribution in [0.4, 0.5) is 0 Å². The van der Waals surface area contributed by atoms with E-state index < -0.39 is 9.87 Å². The second-order valence-electron chi connectivity index (χ2n) is 6.63. The Morgan fingerprint density at radius 3 is 2.58 bits per heavy atom. The summed E-state index contributed by atoms with van der Waals surface area (Å²) in [7, 11) is 1.42. The van der Waals surface area contributed by atoms with Crippen molar-refractivity contribution in [1.82, 2.24) is 24.1 Å². The standard InChI is InChI=1S/C14H18BN5O3S/c15-24(22,23)19-7-9(8-19)12-17-13-11(14(21)18-12)6-16-20(13)10-4-2-1-3-5-10/h6,9-10H,1-5,7-8H2,(H,17,18,21). The number of fused-ring (bicyclic) bond motifs is 1. The van der Waals surface area contributed by atoms with Crippen molar-refractivity contribution >= 4 is 28.0 Å². The molecule has 126 valence electrons. The van der Waals surface area contributed by atoms with Crippen molar-refractivity contribution in [1.29, 1.82) is 0 Å². The van der Waals surface area contributed by atoms with E-state index in [0.29, 0.717) is 16.9 Å². The number of hydrogen-bond donors (Lipinski definition) is 1. The third kappa shape index (κ3) is 2.67. The van der Waals surface area contributed by atoms with E-state index in [1.165, 1.54) is 10.7 Å². The molecule has 0 aromatic carbocycles. The Kier molecular flexibility index (Phi) is 3.76. The molecular weight excluding hydrogens is 329 g/mol. The summed E-state index contributed by atoms with van der Waals surface area (Å²) in [5.74, 6) is 0.361. The number of aromatic nitrogens is 4. The largest absolute Gasteiger partial charge is 0.310 e. The maximum atomic E-state index is 12.3. The molecule has 2 fully saturated rings. The van der Waals surface area contributed by atoms with E-state index in [0.717, 1.165) is 25.7 Å². The highest BCUT2D eigenvalue weighted by atomic mass is 32.2. The Hall–Kier alpha value is -1.68. The summed E-state index contributed by atoms with van der Waals surface area (Å²) in [6.45, 7) is 0.482. The number of nitrogens with zero attached hydrogens (tertiary/aromatic N) is 4. The highest BCUT2D eigenvalue weighted by molar-refractivity contribution is 8.10. The quantitative estimate of drug-likeness (QED) is 0.812. The molecular formula is C14H18BN5O3S. The minimum Gasteiger partial charge on any atom is -0.310 e. The van der Waals surface area contributed by atoms with Crippen molar-refractivity contribution in [2.45, 2.75) is 44.1 Å². The van der Waals surface area contributed by atoms with Crippen molar-refractivity contribution in [3.63, 3.8) is 0 Å². The summed E-state index contributed by atoms with van der Waals surface area (Å²) in [6.07, 6.45) is 7.21. The molecule has 1 saturated carbocycles. The minimum absolute atomic E-state index is 0.143. The number of nitrogens with one attached hydrogen (secondary N) is 1. The smallest absolute Gasteiger partial charge is 0.278 e. The van der Waals surface area contributed by atoms with Gasteiger partial charge in [0.25, 0.3) is 12.7 Å². The van der Waals surface area contributed by atoms with Gasteiger partial charge in [-0.25, -0.2) is 22.4 Å². The molecule has 2 aliphatic rings. The molecule has 1 saturated heterocycles. The van der Waals surface area contributed by atoms with Gasteiger partial charge in [0.2, 0.25) is 0 Å². The Morgan fingerprint density at radius 2 is 1.92 bits per heavy atom. The third-order valence-electron chi connectivity index (χ3n) is 5.00. The molecule has 1 aliphatic carbocycles. The van der Waals surface area contributed by atoms with Crippen molar-refractivity contribution in [3.05, 3.63) is 22.4 Å². The predicted octanol–water partition coefficient (Wildman–Crippen LogP) is 0.437. The van der Waals surface area contributed by atoms with Gasteiger partial charge in [-0.2, -0.15) is 5.10 Å². The van der Waals surface area contributed by atoms with Gasteiger partial charge in [0.15, 0.2) is 15.5 Å². The Balaban J connectivity index is 1.67. The lowest BCUT2D eigenvalue weighted by Crippen LogP contribution is -2.49. The second kappa shape index (κ2) is 5.70. The van der Waals surface area contributed by atoms with Crippen molar-refractivity contribution in [2.24, 2.45) is 0 Å². The van der Waals surface area contributed by atoms with Crippen molar-refractivity contribution in [3.8, 4) is 0 Å². The molecule has 8 nitrogen and oxygen atoms in total. The first-order valence-corrected chi connectivity index (χ1v) is 9.69. The fourth-order valence-electron chi connectivity index (χ4n) is 3.56. The Morgan fingerprint density at radius 1 is 1.21 bits per heavy atom. The molecule has 0 amide bonds. The van der Waals surface area contributed by atoms with E-state index in [-0.39, 0.29) is 30.6 Å². The molecule has 0 bridgehead atoms. The summed E-state index contributed by atoms with van der Waals surface area (Å²) in [5.41, 5.74) is 0.362. The zero-order valence-corrected chi connectivity index (χ0v) is 14.0. The maximum Gasteiger partial charge on any atom is 0.278 e. The summed E-state index contributed by atoms with van der Waals surface area (Å²) in [6, 6.07) is 0.278. The summed E-state index contributed by atoms with van der Waals surface area (Å²) in [4.78, 5) is 19.7. The van der Waals surface area contributed by atoms with Crippen LogP contribution >= 0.6 is 0 Å². The minimum atomic E-state index is -3.68. The summed E-state index contributed by atoms with van der Waals surface area (Å²) >= 11 is 0. The topological polar surface area (TPSA) is 101 Å². The first kappa shape index (κ1) is 15.8. The van der Waals surface area contributed by atoms with Crippen LogP contribution in [0.15, 0.2) is 11.0 Å². The van der Waals surface area contributed by atoms with Crippen LogP contribution in [0.25, 0.3) is 11.0 Å². The van der Waals surface area contributed by atoms with E-state index >= 15 is 0 Å². The average Bonchev–Trinajstić information content (AvgIpc) is 2.89. The van der Waals surface area contributed by atoms with Crippen LogP contribution in [0.2, 0.25) is 0 Å². The summed E-state index contributed by atoms with van der Waals surface area (Å²) < 4.78 is 25.6. The van der Waals surface area contributed by atoms with Gasteiger partial charge in [-0.05, 0) is 12.8 Å². The van der Waals surface area contributed by atoms with Crippen LogP contribution in [0, 0.1) is 0 Å². The van der Waals surface area contributed by atoms with Gasteiger partial charge in [0, 0.05) is 19.0 Å². The molecule has 10 heteroatoms. The van der Waals surface area contributed by atoms with Crippen LogP contribution in [0.1, 0.15) is 49.9 Å². The normalized spacial score (nSPS) is 21.2. The third-order valence-corrected chi connectivity index (χ3v) is 6.01. The lowest BCUT2D eigenvalue weighted by Gasteiger charge is -2.36. The van der Waals surface area contributed by atoms with Gasteiger partial charge in [0.05, 0.1) is 12.2 Å². The maximum absolute atomic E-state index is 12.3. The zero-order valence-electron chi connectivity index (χ0n) is 13.2. The van der Waals surface area contributed by atoms with E-state index in [9.17, 15) is 13.2 Å². The highest BCUT2D eigenvalue weighted by Gasteiger charge is 2.35. The molecule has 2 aromatic heterocycles. The van der Waals surface area contributed by atoms with E-state index in [4.69, 9.17) is 7.12 Å². The number of aromatic amines is 1. The van der Waals surface area contributed by atoms with Crippen molar-refractivity contribution < 1.29 is 8.42 Å². The van der Waals surface area contributed by atoms with E-state index in [1.807, 2.05) is 4.68 Å². The van der Waals surface area contributed by atoms with Gasteiger partial charge in [-0.3, -0.25) is 4.79 Å². The van der Waals surface area contributed by atoms with Crippen LogP contribution in [-0.2, 0) is 9.87 Å². The fraction of sp³-hybridized carbons (Fsp3) is 0.643. The number of rotatable bonds is 3. The number of H-pyrrole nitrogens is 1. The first-order valence-electron chi connectivity index (χ1n) is 8.19. The van der Waals surface area contributed by atoms with E-state index in [1.54, 1.807) is 6.20 Å². The molecule has 1 N–H and O–H groups in total. The highest BCUT2D eigenvalue weighted by Crippen LogP contribution is 2.30. The molecule has 1 aliphatic heterocycles. The molecule has 4 rings (SSSR count). The Bertz CT molecular complexity index is 926. The van der Waals surface area contributed by atoms with Crippen LogP contribution in [0.5, 0.6) is 0 Å². The molecule has 0 spiro atoms. The molecule has 2 radical (unpaired) electrons. The fourth-order valence-corrected chi connectivity index (χ4v) is 4.33. The average molecular weight is 347 g/mol. The van der Waals surface area contributed by atoms with E-state index in [2.05, 4.69) is 15.1 Å². The SMILES string of the molecule is [B]S(=O)(=O)N1CC(c2nc3c(cnn3C3CCCCC3)c(=O)[nH]2)C1. The van der Waals surface area contributed by atoms with Crippen LogP contribution < -0.4 is 5.56 Å². The summed E-state index contributed by atoms with van der Waals surface area (Å²) in [5, 5.41) is 4.86. The zero-order chi connectivity index (χ0) is 16.9.